The van der Waals surface area contributed by atoms with Crippen molar-refractivity contribution < 1.29 is 13.2 Å². The van der Waals surface area contributed by atoms with Gasteiger partial charge in [-0.1, -0.05) is 22.9 Å². The fraction of sp³-hybridized carbons (Fsp3) is 1.00. The number of nitrogens with zero attached hydrogens (tertiary/aromatic N) is 1. The van der Waals surface area contributed by atoms with Gasteiger partial charge in [0, 0.05) is 25.0 Å². The second-order valence-corrected chi connectivity index (χ2v) is 7.16. The van der Waals surface area contributed by atoms with Gasteiger partial charge < -0.3 is 4.74 Å². The molecule has 0 saturated carbocycles. The molecule has 0 aliphatic heterocycles. The van der Waals surface area contributed by atoms with Gasteiger partial charge in [-0.25, -0.2) is 12.7 Å². The maximum Gasteiger partial charge on any atom is 0.216 e. The van der Waals surface area contributed by atoms with Gasteiger partial charge in [0.15, 0.2) is 0 Å². The van der Waals surface area contributed by atoms with Gasteiger partial charge >= 0.3 is 0 Å². The number of hydrogen-bond acceptors (Lipinski definition) is 3. The first kappa shape index (κ1) is 15.3. The number of alkyl halides is 1. The van der Waals surface area contributed by atoms with Crippen molar-refractivity contribution >= 4 is 26.0 Å². The number of ether oxygens (including phenoxy) is 1. The molecule has 0 amide bonds. The largest absolute Gasteiger partial charge is 0.381 e. The SMILES string of the molecule is CCOCCS(=O)(=O)N(C)CCC(C)Br. The molecule has 0 aliphatic carbocycles. The molecule has 0 radical (unpaired) electrons. The lowest BCUT2D eigenvalue weighted by atomic mass is 10.3. The summed E-state index contributed by atoms with van der Waals surface area (Å²) < 4.78 is 29.7. The third-order valence-corrected chi connectivity index (χ3v) is 4.28. The first-order valence-electron chi connectivity index (χ1n) is 5.06. The first-order valence-corrected chi connectivity index (χ1v) is 7.58. The molecule has 0 saturated heterocycles. The lowest BCUT2D eigenvalue weighted by molar-refractivity contribution is 0.162. The molecule has 0 aromatic heterocycles. The second-order valence-electron chi connectivity index (χ2n) is 3.40. The van der Waals surface area contributed by atoms with E-state index >= 15 is 0 Å². The highest BCUT2D eigenvalue weighted by Crippen LogP contribution is 2.06. The van der Waals surface area contributed by atoms with E-state index in [0.29, 0.717) is 18.0 Å². The molecule has 0 aromatic rings. The van der Waals surface area contributed by atoms with Crippen LogP contribution in [0.2, 0.25) is 0 Å². The van der Waals surface area contributed by atoms with E-state index in [1.165, 1.54) is 4.31 Å². The molecule has 6 heteroatoms. The molecule has 0 spiro atoms. The molecule has 0 bridgehead atoms. The van der Waals surface area contributed by atoms with Gasteiger partial charge in [-0.2, -0.15) is 0 Å². The van der Waals surface area contributed by atoms with E-state index in [0.717, 1.165) is 6.42 Å². The van der Waals surface area contributed by atoms with Crippen molar-refractivity contribution in [2.45, 2.75) is 25.1 Å². The summed E-state index contributed by atoms with van der Waals surface area (Å²) in [4.78, 5) is 0.335. The molecule has 1 atom stereocenters. The van der Waals surface area contributed by atoms with E-state index in [-0.39, 0.29) is 12.4 Å². The molecule has 0 rings (SSSR count). The minimum atomic E-state index is -3.14. The molecule has 15 heavy (non-hydrogen) atoms. The lowest BCUT2D eigenvalue weighted by Crippen LogP contribution is -2.32. The topological polar surface area (TPSA) is 46.6 Å². The van der Waals surface area contributed by atoms with Crippen LogP contribution in [-0.4, -0.2) is 50.1 Å². The minimum Gasteiger partial charge on any atom is -0.381 e. The standard InChI is InChI=1S/C9H20BrNO3S/c1-4-14-7-8-15(12,13)11(3)6-5-9(2)10/h9H,4-8H2,1-3H3. The fourth-order valence-electron chi connectivity index (χ4n) is 0.963. The summed E-state index contributed by atoms with van der Waals surface area (Å²) in [7, 11) is -1.53. The van der Waals surface area contributed by atoms with Gasteiger partial charge in [0.05, 0.1) is 12.4 Å². The molecule has 0 aromatic carbocycles. The van der Waals surface area contributed by atoms with E-state index in [1.54, 1.807) is 7.05 Å². The van der Waals surface area contributed by atoms with Crippen molar-refractivity contribution in [3.05, 3.63) is 0 Å². The Kier molecular flexibility index (Phi) is 7.77. The van der Waals surface area contributed by atoms with Crippen molar-refractivity contribution in [2.24, 2.45) is 0 Å². The van der Waals surface area contributed by atoms with E-state index in [9.17, 15) is 8.42 Å². The summed E-state index contributed by atoms with van der Waals surface area (Å²) in [5, 5.41) is 0. The average molecular weight is 302 g/mol. The predicted octanol–water partition coefficient (Wildman–Crippen LogP) is 1.46. The molecule has 1 unspecified atom stereocenters. The predicted molar refractivity (Wildman–Crippen MR) is 65.9 cm³/mol. The zero-order chi connectivity index (χ0) is 11.9. The van der Waals surface area contributed by atoms with Crippen molar-refractivity contribution in [3.8, 4) is 0 Å². The third kappa shape index (κ3) is 7.27. The smallest absolute Gasteiger partial charge is 0.216 e. The molecule has 0 aliphatic rings. The van der Waals surface area contributed by atoms with Crippen LogP contribution in [0.25, 0.3) is 0 Å². The summed E-state index contributed by atoms with van der Waals surface area (Å²) in [6.45, 7) is 5.22. The molecule has 92 valence electrons. The highest BCUT2D eigenvalue weighted by atomic mass is 79.9. The molecular formula is C9H20BrNO3S. The Morgan fingerprint density at radius 2 is 2.07 bits per heavy atom. The van der Waals surface area contributed by atoms with Crippen LogP contribution in [-0.2, 0) is 14.8 Å². The maximum atomic E-state index is 11.6. The highest BCUT2D eigenvalue weighted by molar-refractivity contribution is 9.09. The number of hydrogen-bond donors (Lipinski definition) is 0. The van der Waals surface area contributed by atoms with Crippen LogP contribution in [0.4, 0.5) is 0 Å². The van der Waals surface area contributed by atoms with Crippen LogP contribution in [0, 0.1) is 0 Å². The third-order valence-electron chi connectivity index (χ3n) is 2.01. The van der Waals surface area contributed by atoms with E-state index in [1.807, 2.05) is 13.8 Å². The molecule has 0 fully saturated rings. The van der Waals surface area contributed by atoms with Crippen LogP contribution in [0.5, 0.6) is 0 Å². The summed E-state index contributed by atoms with van der Waals surface area (Å²) >= 11 is 3.39. The van der Waals surface area contributed by atoms with Crippen LogP contribution < -0.4 is 0 Å². The molecule has 4 nitrogen and oxygen atoms in total. The van der Waals surface area contributed by atoms with Gasteiger partial charge in [-0.15, -0.1) is 0 Å². The van der Waals surface area contributed by atoms with Crippen LogP contribution >= 0.6 is 15.9 Å². The monoisotopic (exact) mass is 301 g/mol. The highest BCUT2D eigenvalue weighted by Gasteiger charge is 2.17. The lowest BCUT2D eigenvalue weighted by Gasteiger charge is -2.17. The number of halogens is 1. The summed E-state index contributed by atoms with van der Waals surface area (Å²) in [6, 6.07) is 0. The van der Waals surface area contributed by atoms with Crippen molar-refractivity contribution in [2.75, 3.05) is 32.6 Å². The fourth-order valence-corrected chi connectivity index (χ4v) is 2.19. The molecule has 0 N–H and O–H groups in total. The van der Waals surface area contributed by atoms with Crippen LogP contribution in [0.1, 0.15) is 20.3 Å². The second kappa shape index (κ2) is 7.60. The van der Waals surface area contributed by atoms with Gasteiger partial charge in [0.1, 0.15) is 0 Å². The Morgan fingerprint density at radius 3 is 2.53 bits per heavy atom. The average Bonchev–Trinajstić information content (AvgIpc) is 2.14. The number of sulfonamides is 1. The summed E-state index contributed by atoms with van der Waals surface area (Å²) in [5.41, 5.74) is 0. The zero-order valence-electron chi connectivity index (χ0n) is 9.57. The summed E-state index contributed by atoms with van der Waals surface area (Å²) in [6.07, 6.45) is 0.810. The van der Waals surface area contributed by atoms with Crippen LogP contribution in [0.15, 0.2) is 0 Å². The Balaban J connectivity index is 3.97. The van der Waals surface area contributed by atoms with Crippen molar-refractivity contribution in [1.29, 1.82) is 0 Å². The normalized spacial score (nSPS) is 14.5. The summed E-state index contributed by atoms with van der Waals surface area (Å²) in [5.74, 6) is 0.0635. The maximum absolute atomic E-state index is 11.6. The Bertz CT molecular complexity index is 254. The van der Waals surface area contributed by atoms with Gasteiger partial charge in [0.2, 0.25) is 10.0 Å². The molecule has 0 heterocycles. The van der Waals surface area contributed by atoms with Gasteiger partial charge in [-0.3, -0.25) is 0 Å². The molecular weight excluding hydrogens is 282 g/mol. The van der Waals surface area contributed by atoms with E-state index in [4.69, 9.17) is 4.74 Å². The Morgan fingerprint density at radius 1 is 1.47 bits per heavy atom. The van der Waals surface area contributed by atoms with Gasteiger partial charge in [0.25, 0.3) is 0 Å². The quantitative estimate of drug-likeness (QED) is 0.504. The minimum absolute atomic E-state index is 0.0635. The van der Waals surface area contributed by atoms with E-state index < -0.39 is 10.0 Å². The zero-order valence-corrected chi connectivity index (χ0v) is 12.0. The Hall–Kier alpha value is 0.350. The van der Waals surface area contributed by atoms with Crippen molar-refractivity contribution in [1.82, 2.24) is 4.31 Å². The van der Waals surface area contributed by atoms with Gasteiger partial charge in [-0.05, 0) is 13.3 Å². The van der Waals surface area contributed by atoms with Crippen LogP contribution in [0.3, 0.4) is 0 Å². The first-order chi connectivity index (χ1) is 6.90. The van der Waals surface area contributed by atoms with E-state index in [2.05, 4.69) is 15.9 Å². The number of rotatable bonds is 8. The van der Waals surface area contributed by atoms with Crippen molar-refractivity contribution in [3.63, 3.8) is 0 Å². The Labute approximate surface area is 101 Å².